The Morgan fingerprint density at radius 3 is 1.85 bits per heavy atom. The van der Waals surface area contributed by atoms with E-state index in [4.69, 9.17) is 23.7 Å². The van der Waals surface area contributed by atoms with Crippen molar-refractivity contribution < 1.29 is 28.5 Å². The monoisotopic (exact) mass is 358 g/mol. The van der Waals surface area contributed by atoms with Gasteiger partial charge in [-0.25, -0.2) is 0 Å². The van der Waals surface area contributed by atoms with Gasteiger partial charge in [-0.3, -0.25) is 4.79 Å². The van der Waals surface area contributed by atoms with Gasteiger partial charge in [-0.2, -0.15) is 0 Å². The molecule has 0 heterocycles. The second kappa shape index (κ2) is 10.2. The molecule has 0 amide bonds. The van der Waals surface area contributed by atoms with Crippen molar-refractivity contribution in [3.8, 4) is 17.2 Å². The lowest BCUT2D eigenvalue weighted by Gasteiger charge is -2.10. The minimum atomic E-state index is -0.343. The lowest BCUT2D eigenvalue weighted by atomic mass is 10.1. The quantitative estimate of drug-likeness (QED) is 0.294. The molecule has 2 aromatic rings. The van der Waals surface area contributed by atoms with Gasteiger partial charge in [0.15, 0.2) is 13.6 Å². The summed E-state index contributed by atoms with van der Waals surface area (Å²) in [4.78, 5) is 10.9. The molecule has 0 aromatic heterocycles. The van der Waals surface area contributed by atoms with Gasteiger partial charge in [-0.15, -0.1) is 0 Å². The van der Waals surface area contributed by atoms with Gasteiger partial charge in [0, 0.05) is 27.2 Å². The van der Waals surface area contributed by atoms with Crippen LogP contribution >= 0.6 is 0 Å². The summed E-state index contributed by atoms with van der Waals surface area (Å²) >= 11 is 0. The van der Waals surface area contributed by atoms with Gasteiger partial charge in [0.05, 0.1) is 0 Å². The molecule has 6 heteroatoms. The minimum Gasteiger partial charge on any atom is -0.467 e. The molecular weight excluding hydrogens is 336 g/mol. The average Bonchev–Trinajstić information content (AvgIpc) is 2.63. The van der Waals surface area contributed by atoms with Gasteiger partial charge < -0.3 is 23.7 Å². The summed E-state index contributed by atoms with van der Waals surface area (Å²) in [6.45, 7) is 1.67. The van der Waals surface area contributed by atoms with E-state index < -0.39 is 0 Å². The Morgan fingerprint density at radius 2 is 1.35 bits per heavy atom. The van der Waals surface area contributed by atoms with E-state index in [9.17, 15) is 4.79 Å². The predicted octanol–water partition coefficient (Wildman–Crippen LogP) is 3.75. The molecule has 0 fully saturated rings. The summed E-state index contributed by atoms with van der Waals surface area (Å²) in [5.74, 6) is 1.43. The molecule has 0 saturated carbocycles. The first-order valence-corrected chi connectivity index (χ1v) is 7.96. The molecule has 26 heavy (non-hydrogen) atoms. The molecule has 0 spiro atoms. The zero-order valence-electron chi connectivity index (χ0n) is 15.1. The van der Waals surface area contributed by atoms with E-state index >= 15 is 0 Å². The summed E-state index contributed by atoms with van der Waals surface area (Å²) < 4.78 is 25.9. The minimum absolute atomic E-state index is 0.147. The van der Waals surface area contributed by atoms with E-state index in [0.717, 1.165) is 11.1 Å². The summed E-state index contributed by atoms with van der Waals surface area (Å²) in [6.07, 6.45) is 3.87. The van der Waals surface area contributed by atoms with E-state index in [1.807, 2.05) is 36.4 Å². The van der Waals surface area contributed by atoms with Gasteiger partial charge >= 0.3 is 5.97 Å². The van der Waals surface area contributed by atoms with Crippen LogP contribution in [0.15, 0.2) is 42.5 Å². The van der Waals surface area contributed by atoms with Crippen molar-refractivity contribution in [1.82, 2.24) is 0 Å². The maximum absolute atomic E-state index is 10.9. The standard InChI is InChI=1S/C20H22O6/c1-15(21)26-18-8-6-16(7-9-18)4-5-17-10-19(24-13-22-2)12-20(11-17)25-14-23-3/h4-12H,13-14H2,1-3H3/b5-4+. The van der Waals surface area contributed by atoms with Crippen molar-refractivity contribution in [2.24, 2.45) is 0 Å². The van der Waals surface area contributed by atoms with Crippen molar-refractivity contribution >= 4 is 18.1 Å². The Bertz CT molecular complexity index is 710. The third-order valence-electron chi connectivity index (χ3n) is 3.20. The van der Waals surface area contributed by atoms with Crippen LogP contribution in [-0.2, 0) is 14.3 Å². The van der Waals surface area contributed by atoms with Crippen molar-refractivity contribution in [1.29, 1.82) is 0 Å². The fourth-order valence-corrected chi connectivity index (χ4v) is 2.12. The number of rotatable bonds is 9. The molecule has 6 nitrogen and oxygen atoms in total. The number of hydrogen-bond donors (Lipinski definition) is 0. The number of esters is 1. The predicted molar refractivity (Wildman–Crippen MR) is 98.1 cm³/mol. The maximum atomic E-state index is 10.9. The third-order valence-corrected chi connectivity index (χ3v) is 3.20. The first-order valence-electron chi connectivity index (χ1n) is 7.96. The molecule has 0 N–H and O–H groups in total. The van der Waals surface area contributed by atoms with Gasteiger partial charge in [-0.05, 0) is 35.4 Å². The van der Waals surface area contributed by atoms with Gasteiger partial charge in [0.2, 0.25) is 0 Å². The lowest BCUT2D eigenvalue weighted by Crippen LogP contribution is -2.02. The highest BCUT2D eigenvalue weighted by molar-refractivity contribution is 5.72. The molecule has 0 bridgehead atoms. The third kappa shape index (κ3) is 6.58. The van der Waals surface area contributed by atoms with Gasteiger partial charge in [-0.1, -0.05) is 24.3 Å². The van der Waals surface area contributed by atoms with Crippen LogP contribution in [0.5, 0.6) is 17.2 Å². The van der Waals surface area contributed by atoms with E-state index in [2.05, 4.69) is 0 Å². The second-order valence-corrected chi connectivity index (χ2v) is 5.34. The Balaban J connectivity index is 2.14. The number of benzene rings is 2. The van der Waals surface area contributed by atoms with Crippen molar-refractivity contribution in [3.63, 3.8) is 0 Å². The molecule has 0 unspecified atom stereocenters. The number of methoxy groups -OCH3 is 2. The van der Waals surface area contributed by atoms with Crippen LogP contribution in [0.2, 0.25) is 0 Å². The number of ether oxygens (including phenoxy) is 5. The molecule has 0 atom stereocenters. The summed E-state index contributed by atoms with van der Waals surface area (Å²) in [5.41, 5.74) is 1.86. The molecule has 2 aromatic carbocycles. The SMILES string of the molecule is COCOc1cc(/C=C/c2ccc(OC(C)=O)cc2)cc(OCOC)c1. The first kappa shape index (κ1) is 19.5. The van der Waals surface area contributed by atoms with Gasteiger partial charge in [0.25, 0.3) is 0 Å². The maximum Gasteiger partial charge on any atom is 0.308 e. The molecule has 0 radical (unpaired) electrons. The highest BCUT2D eigenvalue weighted by Gasteiger charge is 2.03. The average molecular weight is 358 g/mol. The lowest BCUT2D eigenvalue weighted by molar-refractivity contribution is -0.131. The zero-order valence-corrected chi connectivity index (χ0v) is 15.1. The van der Waals surface area contributed by atoms with Crippen molar-refractivity contribution in [2.45, 2.75) is 6.92 Å². The van der Waals surface area contributed by atoms with E-state index in [0.29, 0.717) is 17.2 Å². The molecule has 2 rings (SSSR count). The van der Waals surface area contributed by atoms with E-state index in [1.165, 1.54) is 6.92 Å². The van der Waals surface area contributed by atoms with Crippen molar-refractivity contribution in [2.75, 3.05) is 27.8 Å². The first-order chi connectivity index (χ1) is 12.6. The molecule has 138 valence electrons. The highest BCUT2D eigenvalue weighted by atomic mass is 16.7. The smallest absolute Gasteiger partial charge is 0.308 e. The second-order valence-electron chi connectivity index (χ2n) is 5.34. The molecule has 0 aliphatic carbocycles. The van der Waals surface area contributed by atoms with Crippen LogP contribution in [0.4, 0.5) is 0 Å². The normalized spacial score (nSPS) is 10.7. The van der Waals surface area contributed by atoms with Crippen LogP contribution in [-0.4, -0.2) is 33.8 Å². The molecule has 0 aliphatic heterocycles. The van der Waals surface area contributed by atoms with Crippen LogP contribution in [0, 0.1) is 0 Å². The molecule has 0 aliphatic rings. The zero-order chi connectivity index (χ0) is 18.8. The van der Waals surface area contributed by atoms with Crippen molar-refractivity contribution in [3.05, 3.63) is 53.6 Å². The summed E-state index contributed by atoms with van der Waals surface area (Å²) in [7, 11) is 3.12. The van der Waals surface area contributed by atoms with Crippen LogP contribution < -0.4 is 14.2 Å². The summed E-state index contributed by atoms with van der Waals surface area (Å²) in [5, 5.41) is 0. The van der Waals surface area contributed by atoms with E-state index in [1.54, 1.807) is 32.4 Å². The topological polar surface area (TPSA) is 63.2 Å². The Labute approximate surface area is 152 Å². The highest BCUT2D eigenvalue weighted by Crippen LogP contribution is 2.25. The fourth-order valence-electron chi connectivity index (χ4n) is 2.12. The fraction of sp³-hybridized carbons (Fsp3) is 0.250. The van der Waals surface area contributed by atoms with E-state index in [-0.39, 0.29) is 19.6 Å². The molecular formula is C20H22O6. The molecule has 0 saturated heterocycles. The number of carbonyl (C=O) groups excluding carboxylic acids is 1. The largest absolute Gasteiger partial charge is 0.467 e. The van der Waals surface area contributed by atoms with Crippen LogP contribution in [0.1, 0.15) is 18.1 Å². The van der Waals surface area contributed by atoms with Crippen LogP contribution in [0.25, 0.3) is 12.2 Å². The Morgan fingerprint density at radius 1 is 0.808 bits per heavy atom. The Kier molecular flexibility index (Phi) is 7.67. The van der Waals surface area contributed by atoms with Crippen LogP contribution in [0.3, 0.4) is 0 Å². The Hall–Kier alpha value is -2.83. The number of carbonyl (C=O) groups is 1. The van der Waals surface area contributed by atoms with Gasteiger partial charge in [0.1, 0.15) is 17.2 Å². The number of hydrogen-bond acceptors (Lipinski definition) is 6. The summed E-state index contributed by atoms with van der Waals surface area (Å²) in [6, 6.07) is 12.7.